The molecule has 0 radical (unpaired) electrons. The van der Waals surface area contributed by atoms with Gasteiger partial charge in [-0.15, -0.1) is 0 Å². The average molecular weight is 344 g/mol. The van der Waals surface area contributed by atoms with Gasteiger partial charge in [0.2, 0.25) is 0 Å². The van der Waals surface area contributed by atoms with Crippen LogP contribution in [-0.4, -0.2) is 20.8 Å². The summed E-state index contributed by atoms with van der Waals surface area (Å²) in [6, 6.07) is 4.33. The van der Waals surface area contributed by atoms with Gasteiger partial charge in [-0.2, -0.15) is 0 Å². The van der Waals surface area contributed by atoms with E-state index in [1.807, 2.05) is 6.07 Å². The Hall–Kier alpha value is -0.740. The van der Waals surface area contributed by atoms with Crippen LogP contribution in [0.2, 0.25) is 0 Å². The van der Waals surface area contributed by atoms with Gasteiger partial charge in [-0.05, 0) is 46.4 Å². The van der Waals surface area contributed by atoms with Gasteiger partial charge in [0, 0.05) is 11.6 Å². The highest BCUT2D eigenvalue weighted by atomic mass is 79.9. The molecule has 1 N–H and O–H groups in total. The molecule has 1 unspecified atom stereocenters. The van der Waals surface area contributed by atoms with Crippen LogP contribution >= 0.6 is 15.9 Å². The van der Waals surface area contributed by atoms with E-state index in [0.29, 0.717) is 0 Å². The summed E-state index contributed by atoms with van der Waals surface area (Å²) in [5.74, 6) is 1.64. The van der Waals surface area contributed by atoms with Crippen LogP contribution in [0.25, 0.3) is 0 Å². The first kappa shape index (κ1) is 17.3. The van der Waals surface area contributed by atoms with Gasteiger partial charge in [-0.3, -0.25) is 0 Å². The highest BCUT2D eigenvalue weighted by molar-refractivity contribution is 9.10. The number of hydrogen-bond acceptors (Lipinski definition) is 3. The zero-order valence-corrected chi connectivity index (χ0v) is 14.9. The smallest absolute Gasteiger partial charge is 0.141 e. The molecule has 1 atom stereocenters. The Balaban J connectivity index is 3.22. The fraction of sp³-hybridized carbons (Fsp3) is 0.625. The van der Waals surface area contributed by atoms with E-state index in [9.17, 15) is 0 Å². The summed E-state index contributed by atoms with van der Waals surface area (Å²) in [5, 5.41) is 3.55. The molecule has 20 heavy (non-hydrogen) atoms. The zero-order valence-electron chi connectivity index (χ0n) is 13.3. The second kappa shape index (κ2) is 7.32. The Morgan fingerprint density at radius 3 is 2.30 bits per heavy atom. The predicted octanol–water partition coefficient (Wildman–Crippen LogP) is 4.55. The van der Waals surface area contributed by atoms with E-state index >= 15 is 0 Å². The van der Waals surface area contributed by atoms with Gasteiger partial charge in [-0.25, -0.2) is 0 Å². The van der Waals surface area contributed by atoms with E-state index in [1.165, 1.54) is 0 Å². The molecule has 0 aromatic heterocycles. The number of methoxy groups -OCH3 is 2. The van der Waals surface area contributed by atoms with Crippen LogP contribution in [0.4, 0.5) is 0 Å². The normalized spacial score (nSPS) is 13.2. The lowest BCUT2D eigenvalue weighted by Crippen LogP contribution is -2.26. The molecule has 0 aliphatic rings. The Bertz CT molecular complexity index is 441. The fourth-order valence-electron chi connectivity index (χ4n) is 2.34. The molecule has 0 aliphatic carbocycles. The average Bonchev–Trinajstić information content (AvgIpc) is 2.36. The number of benzene rings is 1. The van der Waals surface area contributed by atoms with Crippen LogP contribution in [0.5, 0.6) is 11.5 Å². The molecule has 4 heteroatoms. The van der Waals surface area contributed by atoms with Gasteiger partial charge in [0.05, 0.1) is 14.2 Å². The molecule has 114 valence electrons. The van der Waals surface area contributed by atoms with Crippen molar-refractivity contribution in [3.63, 3.8) is 0 Å². The van der Waals surface area contributed by atoms with E-state index < -0.39 is 0 Å². The van der Waals surface area contributed by atoms with Gasteiger partial charge < -0.3 is 14.8 Å². The molecular weight excluding hydrogens is 318 g/mol. The van der Waals surface area contributed by atoms with E-state index in [-0.39, 0.29) is 11.5 Å². The Kier molecular flexibility index (Phi) is 6.34. The quantitative estimate of drug-likeness (QED) is 0.821. The number of ether oxygens (including phenoxy) is 2. The summed E-state index contributed by atoms with van der Waals surface area (Å²) in [7, 11) is 3.36. The Morgan fingerprint density at radius 2 is 1.85 bits per heavy atom. The van der Waals surface area contributed by atoms with Gasteiger partial charge >= 0.3 is 0 Å². The molecule has 1 aromatic rings. The lowest BCUT2D eigenvalue weighted by molar-refractivity contribution is 0.305. The molecule has 0 saturated heterocycles. The van der Waals surface area contributed by atoms with Crippen LogP contribution in [0.15, 0.2) is 16.6 Å². The van der Waals surface area contributed by atoms with Crippen LogP contribution in [0.1, 0.15) is 45.7 Å². The van der Waals surface area contributed by atoms with Crippen molar-refractivity contribution >= 4 is 15.9 Å². The fourth-order valence-corrected chi connectivity index (χ4v) is 3.03. The summed E-state index contributed by atoms with van der Waals surface area (Å²) in [4.78, 5) is 0. The third-order valence-corrected chi connectivity index (χ3v) is 3.91. The summed E-state index contributed by atoms with van der Waals surface area (Å²) in [6.07, 6.45) is 1.04. The van der Waals surface area contributed by atoms with Gasteiger partial charge in [-0.1, -0.05) is 27.7 Å². The van der Waals surface area contributed by atoms with Crippen LogP contribution < -0.4 is 14.8 Å². The first-order chi connectivity index (χ1) is 9.34. The number of rotatable bonds is 6. The molecule has 1 rings (SSSR count). The number of halogens is 1. The van der Waals surface area contributed by atoms with E-state index in [0.717, 1.165) is 34.5 Å². The largest absolute Gasteiger partial charge is 0.495 e. The molecular formula is C16H26BrNO2. The maximum Gasteiger partial charge on any atom is 0.141 e. The molecule has 0 amide bonds. The van der Waals surface area contributed by atoms with Gasteiger partial charge in [0.1, 0.15) is 16.0 Å². The van der Waals surface area contributed by atoms with Crippen molar-refractivity contribution in [2.75, 3.05) is 20.8 Å². The summed E-state index contributed by atoms with van der Waals surface area (Å²) >= 11 is 3.57. The van der Waals surface area contributed by atoms with Crippen molar-refractivity contribution in [3.05, 3.63) is 22.2 Å². The molecule has 0 heterocycles. The van der Waals surface area contributed by atoms with Crippen molar-refractivity contribution in [3.8, 4) is 11.5 Å². The van der Waals surface area contributed by atoms with Crippen LogP contribution in [0.3, 0.4) is 0 Å². The van der Waals surface area contributed by atoms with Gasteiger partial charge in [0.25, 0.3) is 0 Å². The van der Waals surface area contributed by atoms with E-state index in [2.05, 4.69) is 55.0 Å². The minimum Gasteiger partial charge on any atom is -0.495 e. The van der Waals surface area contributed by atoms with E-state index in [4.69, 9.17) is 9.47 Å². The van der Waals surface area contributed by atoms with E-state index in [1.54, 1.807) is 14.2 Å². The maximum absolute atomic E-state index is 5.59. The first-order valence-electron chi connectivity index (χ1n) is 6.97. The summed E-state index contributed by atoms with van der Waals surface area (Å²) in [6.45, 7) is 9.81. The molecule has 0 saturated carbocycles. The lowest BCUT2D eigenvalue weighted by atomic mass is 9.85. The Morgan fingerprint density at radius 1 is 1.20 bits per heavy atom. The predicted molar refractivity (Wildman–Crippen MR) is 87.7 cm³/mol. The lowest BCUT2D eigenvalue weighted by Gasteiger charge is -2.28. The number of nitrogens with one attached hydrogen (secondary N) is 1. The highest BCUT2D eigenvalue weighted by Crippen LogP contribution is 2.42. The molecule has 0 fully saturated rings. The zero-order chi connectivity index (χ0) is 15.3. The molecule has 1 aromatic carbocycles. The van der Waals surface area contributed by atoms with Crippen LogP contribution in [-0.2, 0) is 0 Å². The van der Waals surface area contributed by atoms with Crippen molar-refractivity contribution in [2.24, 2.45) is 5.41 Å². The molecule has 3 nitrogen and oxygen atoms in total. The minimum absolute atomic E-state index is 0.240. The maximum atomic E-state index is 5.59. The SMILES string of the molecule is CCNC(CC(C)(C)C)c1ccc(OC)c(Br)c1OC. The standard InChI is InChI=1S/C16H26BrNO2/c1-7-18-12(10-16(2,3)4)11-8-9-13(19-5)14(17)15(11)20-6/h8-9,12,18H,7,10H2,1-6H3. The van der Waals surface area contributed by atoms with Gasteiger partial charge in [0.15, 0.2) is 0 Å². The molecule has 0 aliphatic heterocycles. The van der Waals surface area contributed by atoms with Crippen molar-refractivity contribution in [1.82, 2.24) is 5.32 Å². The van der Waals surface area contributed by atoms with Crippen molar-refractivity contribution in [1.29, 1.82) is 0 Å². The minimum atomic E-state index is 0.240. The Labute approximate surface area is 131 Å². The monoisotopic (exact) mass is 343 g/mol. The second-order valence-corrected chi connectivity index (χ2v) is 6.87. The summed E-state index contributed by atoms with van der Waals surface area (Å²) in [5.41, 5.74) is 1.40. The number of hydrogen-bond donors (Lipinski definition) is 1. The molecule has 0 spiro atoms. The van der Waals surface area contributed by atoms with Crippen molar-refractivity contribution < 1.29 is 9.47 Å². The third-order valence-electron chi connectivity index (χ3n) is 3.16. The summed E-state index contributed by atoms with van der Waals surface area (Å²) < 4.78 is 11.8. The van der Waals surface area contributed by atoms with Crippen LogP contribution in [0, 0.1) is 5.41 Å². The topological polar surface area (TPSA) is 30.5 Å². The molecule has 0 bridgehead atoms. The first-order valence-corrected chi connectivity index (χ1v) is 7.77. The van der Waals surface area contributed by atoms with Crippen molar-refractivity contribution in [2.45, 2.75) is 40.2 Å². The second-order valence-electron chi connectivity index (χ2n) is 6.08. The third kappa shape index (κ3) is 4.38. The highest BCUT2D eigenvalue weighted by Gasteiger charge is 2.24.